The van der Waals surface area contributed by atoms with Crippen LogP contribution in [-0.4, -0.2) is 11.8 Å². The molecule has 3 rings (SSSR count). The fourth-order valence-electron chi connectivity index (χ4n) is 1.97. The smallest absolute Gasteiger partial charge is 0.269 e. The van der Waals surface area contributed by atoms with Crippen molar-refractivity contribution in [2.45, 2.75) is 4.90 Å². The molecule has 0 fully saturated rings. The largest absolute Gasteiger partial charge is 0.272 e. The van der Waals surface area contributed by atoms with Gasteiger partial charge in [-0.2, -0.15) is 0 Å². The number of imide groups is 1. The number of hydrogen-bond donors (Lipinski definition) is 0. The monoisotopic (exact) mass is 315 g/mol. The van der Waals surface area contributed by atoms with Gasteiger partial charge in [-0.05, 0) is 36.4 Å². The predicted molar refractivity (Wildman–Crippen MR) is 84.3 cm³/mol. The van der Waals surface area contributed by atoms with Crippen LogP contribution in [0.3, 0.4) is 0 Å². The number of carbonyl (C=O) groups is 2. The zero-order valence-electron chi connectivity index (χ0n) is 10.8. The van der Waals surface area contributed by atoms with Gasteiger partial charge in [-0.25, -0.2) is 4.90 Å². The molecule has 0 radical (unpaired) electrons. The summed E-state index contributed by atoms with van der Waals surface area (Å²) in [6, 6.07) is 16.1. The first-order chi connectivity index (χ1) is 10.1. The maximum atomic E-state index is 12.4. The molecule has 2 amide bonds. The maximum absolute atomic E-state index is 12.4. The summed E-state index contributed by atoms with van der Waals surface area (Å²) in [5, 5.41) is 0.560. The third kappa shape index (κ3) is 2.86. The second-order valence-electron chi connectivity index (χ2n) is 4.38. The van der Waals surface area contributed by atoms with Crippen molar-refractivity contribution in [2.24, 2.45) is 0 Å². The Hall–Kier alpha value is -2.04. The summed E-state index contributed by atoms with van der Waals surface area (Å²) < 4.78 is 0. The van der Waals surface area contributed by atoms with E-state index in [0.717, 1.165) is 9.80 Å². The SMILES string of the molecule is O=C1C=C(Sc2ccccc2)C(=O)N1c1ccc(Cl)cc1. The molecule has 1 aliphatic rings. The van der Waals surface area contributed by atoms with E-state index >= 15 is 0 Å². The number of nitrogens with zero attached hydrogens (tertiary/aromatic N) is 1. The van der Waals surface area contributed by atoms with E-state index in [9.17, 15) is 9.59 Å². The Labute approximate surface area is 131 Å². The van der Waals surface area contributed by atoms with Crippen molar-refractivity contribution in [3.8, 4) is 0 Å². The average molecular weight is 316 g/mol. The number of benzene rings is 2. The molecule has 21 heavy (non-hydrogen) atoms. The molecule has 0 aliphatic carbocycles. The number of rotatable bonds is 3. The molecule has 0 N–H and O–H groups in total. The lowest BCUT2D eigenvalue weighted by molar-refractivity contribution is -0.120. The van der Waals surface area contributed by atoms with E-state index in [2.05, 4.69) is 0 Å². The van der Waals surface area contributed by atoms with Gasteiger partial charge in [-0.3, -0.25) is 9.59 Å². The Bertz CT molecular complexity index is 726. The van der Waals surface area contributed by atoms with Gasteiger partial charge in [0.2, 0.25) is 0 Å². The lowest BCUT2D eigenvalue weighted by Crippen LogP contribution is -2.30. The highest BCUT2D eigenvalue weighted by atomic mass is 35.5. The molecule has 0 atom stereocenters. The fraction of sp³-hybridized carbons (Fsp3) is 0. The zero-order chi connectivity index (χ0) is 14.8. The first-order valence-corrected chi connectivity index (χ1v) is 7.43. The lowest BCUT2D eigenvalue weighted by atomic mass is 10.3. The highest BCUT2D eigenvalue weighted by Gasteiger charge is 2.32. The standard InChI is InChI=1S/C16H10ClNO2S/c17-11-6-8-12(9-7-11)18-15(19)10-14(16(18)20)21-13-4-2-1-3-5-13/h1-10H. The van der Waals surface area contributed by atoms with E-state index in [1.807, 2.05) is 30.3 Å². The molecule has 0 saturated carbocycles. The van der Waals surface area contributed by atoms with Crippen molar-refractivity contribution >= 4 is 40.9 Å². The lowest BCUT2D eigenvalue weighted by Gasteiger charge is -2.14. The van der Waals surface area contributed by atoms with Gasteiger partial charge < -0.3 is 0 Å². The number of hydrogen-bond acceptors (Lipinski definition) is 3. The van der Waals surface area contributed by atoms with Crippen molar-refractivity contribution in [3.63, 3.8) is 0 Å². The van der Waals surface area contributed by atoms with Gasteiger partial charge >= 0.3 is 0 Å². The van der Waals surface area contributed by atoms with E-state index in [0.29, 0.717) is 15.6 Å². The summed E-state index contributed by atoms with van der Waals surface area (Å²) in [5.41, 5.74) is 0.523. The van der Waals surface area contributed by atoms with Crippen LogP contribution in [0.5, 0.6) is 0 Å². The maximum Gasteiger partial charge on any atom is 0.272 e. The van der Waals surface area contributed by atoms with Crippen molar-refractivity contribution in [3.05, 3.63) is 70.6 Å². The highest BCUT2D eigenvalue weighted by Crippen LogP contribution is 2.33. The highest BCUT2D eigenvalue weighted by molar-refractivity contribution is 8.04. The topological polar surface area (TPSA) is 37.4 Å². The molecule has 0 aromatic heterocycles. The van der Waals surface area contributed by atoms with Crippen LogP contribution in [0.25, 0.3) is 0 Å². The molecule has 0 bridgehead atoms. The summed E-state index contributed by atoms with van der Waals surface area (Å²) in [7, 11) is 0. The summed E-state index contributed by atoms with van der Waals surface area (Å²) >= 11 is 7.11. The molecule has 104 valence electrons. The minimum absolute atomic E-state index is 0.309. The Kier molecular flexibility index (Phi) is 3.82. The molecule has 0 spiro atoms. The minimum Gasteiger partial charge on any atom is -0.269 e. The number of halogens is 1. The van der Waals surface area contributed by atoms with Crippen molar-refractivity contribution in [1.29, 1.82) is 0 Å². The number of thioether (sulfide) groups is 1. The molecule has 2 aromatic rings. The Morgan fingerprint density at radius 2 is 1.57 bits per heavy atom. The van der Waals surface area contributed by atoms with Crippen LogP contribution in [0.4, 0.5) is 5.69 Å². The molecule has 1 heterocycles. The van der Waals surface area contributed by atoms with Gasteiger partial charge in [-0.1, -0.05) is 41.6 Å². The van der Waals surface area contributed by atoms with Gasteiger partial charge in [0.25, 0.3) is 11.8 Å². The van der Waals surface area contributed by atoms with Crippen LogP contribution in [0.2, 0.25) is 5.02 Å². The summed E-state index contributed by atoms with van der Waals surface area (Å²) in [6.45, 7) is 0. The first kappa shape index (κ1) is 13.9. The molecule has 1 aliphatic heterocycles. The van der Waals surface area contributed by atoms with Crippen molar-refractivity contribution in [1.82, 2.24) is 0 Å². The third-order valence-electron chi connectivity index (χ3n) is 2.94. The molecule has 0 unspecified atom stereocenters. The van der Waals surface area contributed by atoms with E-state index in [4.69, 9.17) is 11.6 Å². The van der Waals surface area contributed by atoms with Crippen molar-refractivity contribution < 1.29 is 9.59 Å². The quantitative estimate of drug-likeness (QED) is 0.806. The van der Waals surface area contributed by atoms with E-state index in [-0.39, 0.29) is 11.8 Å². The number of anilines is 1. The zero-order valence-corrected chi connectivity index (χ0v) is 12.4. The number of amides is 2. The third-order valence-corrected chi connectivity index (χ3v) is 4.22. The van der Waals surface area contributed by atoms with Gasteiger partial charge in [-0.15, -0.1) is 0 Å². The van der Waals surface area contributed by atoms with E-state index in [1.165, 1.54) is 17.8 Å². The van der Waals surface area contributed by atoms with Gasteiger partial charge in [0.05, 0.1) is 10.6 Å². The molecule has 0 saturated heterocycles. The van der Waals surface area contributed by atoms with Crippen LogP contribution >= 0.6 is 23.4 Å². The minimum atomic E-state index is -0.333. The summed E-state index contributed by atoms with van der Waals surface area (Å²) in [4.78, 5) is 26.9. The summed E-state index contributed by atoms with van der Waals surface area (Å²) in [6.07, 6.45) is 1.37. The van der Waals surface area contributed by atoms with E-state index in [1.54, 1.807) is 24.3 Å². The van der Waals surface area contributed by atoms with Gasteiger partial charge in [0, 0.05) is 16.0 Å². The normalized spacial score (nSPS) is 14.5. The van der Waals surface area contributed by atoms with Gasteiger partial charge in [0.15, 0.2) is 0 Å². The van der Waals surface area contributed by atoms with Crippen LogP contribution in [0, 0.1) is 0 Å². The van der Waals surface area contributed by atoms with E-state index < -0.39 is 0 Å². The molecule has 5 heteroatoms. The Balaban J connectivity index is 1.84. The second-order valence-corrected chi connectivity index (χ2v) is 5.93. The Morgan fingerprint density at radius 3 is 2.24 bits per heavy atom. The molecule has 2 aromatic carbocycles. The van der Waals surface area contributed by atoms with Crippen molar-refractivity contribution in [2.75, 3.05) is 4.90 Å². The van der Waals surface area contributed by atoms with Crippen LogP contribution in [0.1, 0.15) is 0 Å². The molecular formula is C16H10ClNO2S. The van der Waals surface area contributed by atoms with Crippen LogP contribution in [0.15, 0.2) is 70.5 Å². The van der Waals surface area contributed by atoms with Crippen LogP contribution in [-0.2, 0) is 9.59 Å². The molecular weight excluding hydrogens is 306 g/mol. The fourth-order valence-corrected chi connectivity index (χ4v) is 2.98. The number of carbonyl (C=O) groups excluding carboxylic acids is 2. The second kappa shape index (κ2) is 5.76. The Morgan fingerprint density at radius 1 is 0.905 bits per heavy atom. The first-order valence-electron chi connectivity index (χ1n) is 6.24. The average Bonchev–Trinajstić information content (AvgIpc) is 2.76. The summed E-state index contributed by atoms with van der Waals surface area (Å²) in [5.74, 6) is -0.642. The predicted octanol–water partition coefficient (Wildman–Crippen LogP) is 3.89. The molecule has 3 nitrogen and oxygen atoms in total. The van der Waals surface area contributed by atoms with Crippen LogP contribution < -0.4 is 4.90 Å². The van der Waals surface area contributed by atoms with Gasteiger partial charge in [0.1, 0.15) is 0 Å².